The first-order valence-electron chi connectivity index (χ1n) is 3.19. The summed E-state index contributed by atoms with van der Waals surface area (Å²) < 4.78 is 35.9. The Morgan fingerprint density at radius 3 is 2.42 bits per heavy atom. The van der Waals surface area contributed by atoms with Crippen LogP contribution in [0.2, 0.25) is 0 Å². The van der Waals surface area contributed by atoms with Crippen molar-refractivity contribution in [3.63, 3.8) is 0 Å². The molecule has 2 N–H and O–H groups in total. The van der Waals surface area contributed by atoms with Gasteiger partial charge in [-0.2, -0.15) is 13.2 Å². The van der Waals surface area contributed by atoms with Crippen LogP contribution in [0.25, 0.3) is 0 Å². The van der Waals surface area contributed by atoms with E-state index in [1.807, 2.05) is 0 Å². The predicted molar refractivity (Wildman–Crippen MR) is 39.7 cm³/mol. The number of alkyl halides is 3. The third-order valence-electron chi connectivity index (χ3n) is 1.20. The summed E-state index contributed by atoms with van der Waals surface area (Å²) in [6.45, 7) is 1.60. The molecule has 0 radical (unpaired) electrons. The van der Waals surface area contributed by atoms with Crippen LogP contribution in [0.1, 0.15) is 23.7 Å². The Hall–Kier alpha value is -0.620. The number of halogens is 3. The van der Waals surface area contributed by atoms with Gasteiger partial charge in [-0.25, -0.2) is 4.98 Å². The number of hydrogen-bond acceptors (Lipinski definition) is 3. The molecule has 6 heteroatoms. The van der Waals surface area contributed by atoms with E-state index in [0.29, 0.717) is 5.01 Å². The van der Waals surface area contributed by atoms with Gasteiger partial charge in [0.15, 0.2) is 5.69 Å². The highest BCUT2D eigenvalue weighted by Gasteiger charge is 2.33. The fourth-order valence-electron chi connectivity index (χ4n) is 0.627. The van der Waals surface area contributed by atoms with Crippen molar-refractivity contribution in [1.82, 2.24) is 4.98 Å². The van der Waals surface area contributed by atoms with Crippen molar-refractivity contribution >= 4 is 11.3 Å². The van der Waals surface area contributed by atoms with Gasteiger partial charge in [-0.15, -0.1) is 11.3 Å². The predicted octanol–water partition coefficient (Wildman–Crippen LogP) is 2.18. The number of nitrogens with zero attached hydrogens (tertiary/aromatic N) is 1. The molecule has 0 fully saturated rings. The van der Waals surface area contributed by atoms with Crippen molar-refractivity contribution in [2.24, 2.45) is 5.73 Å². The summed E-state index contributed by atoms with van der Waals surface area (Å²) in [5, 5.41) is 1.28. The second kappa shape index (κ2) is 3.02. The van der Waals surface area contributed by atoms with E-state index < -0.39 is 17.9 Å². The second-order valence-corrected chi connectivity index (χ2v) is 3.25. The molecule has 1 aromatic rings. The monoisotopic (exact) mass is 196 g/mol. The molecule has 68 valence electrons. The first-order chi connectivity index (χ1) is 5.41. The number of aromatic nitrogens is 1. The van der Waals surface area contributed by atoms with Crippen molar-refractivity contribution in [3.8, 4) is 0 Å². The Bertz CT molecular complexity index is 266. The first kappa shape index (κ1) is 9.47. The van der Waals surface area contributed by atoms with E-state index in [1.54, 1.807) is 6.92 Å². The molecule has 0 bridgehead atoms. The zero-order valence-corrected chi connectivity index (χ0v) is 7.04. The molecule has 1 aromatic heterocycles. The highest BCUT2D eigenvalue weighted by molar-refractivity contribution is 7.09. The normalized spacial score (nSPS) is 14.8. The van der Waals surface area contributed by atoms with Gasteiger partial charge in [0.25, 0.3) is 0 Å². The average molecular weight is 196 g/mol. The quantitative estimate of drug-likeness (QED) is 0.747. The van der Waals surface area contributed by atoms with Crippen LogP contribution in [0.3, 0.4) is 0 Å². The first-order valence-corrected chi connectivity index (χ1v) is 4.07. The van der Waals surface area contributed by atoms with E-state index in [9.17, 15) is 13.2 Å². The fourth-order valence-corrected chi connectivity index (χ4v) is 1.41. The van der Waals surface area contributed by atoms with Crippen molar-refractivity contribution in [2.75, 3.05) is 0 Å². The SMILES string of the molecule is C[C@@H](N)c1nc(C(F)(F)F)cs1. The molecule has 2 nitrogen and oxygen atoms in total. The van der Waals surface area contributed by atoms with Gasteiger partial charge in [0, 0.05) is 5.38 Å². The van der Waals surface area contributed by atoms with Gasteiger partial charge in [-0.3, -0.25) is 0 Å². The molecule has 0 amide bonds. The molecule has 0 unspecified atom stereocenters. The van der Waals surface area contributed by atoms with E-state index >= 15 is 0 Å². The fraction of sp³-hybridized carbons (Fsp3) is 0.500. The summed E-state index contributed by atoms with van der Waals surface area (Å²) in [5.41, 5.74) is 4.49. The summed E-state index contributed by atoms with van der Waals surface area (Å²) in [7, 11) is 0. The van der Waals surface area contributed by atoms with Crippen LogP contribution in [0, 0.1) is 0 Å². The maximum Gasteiger partial charge on any atom is 0.434 e. The van der Waals surface area contributed by atoms with Gasteiger partial charge in [-0.05, 0) is 6.92 Å². The molecule has 0 saturated carbocycles. The highest BCUT2D eigenvalue weighted by atomic mass is 32.1. The van der Waals surface area contributed by atoms with Crippen LogP contribution in [0.15, 0.2) is 5.38 Å². The van der Waals surface area contributed by atoms with Crippen LogP contribution in [0.4, 0.5) is 13.2 Å². The van der Waals surface area contributed by atoms with E-state index in [4.69, 9.17) is 5.73 Å². The minimum Gasteiger partial charge on any atom is -0.322 e. The van der Waals surface area contributed by atoms with Gasteiger partial charge < -0.3 is 5.73 Å². The number of thiazole rings is 1. The molecule has 1 rings (SSSR count). The summed E-state index contributed by atoms with van der Waals surface area (Å²) in [5.74, 6) is 0. The molecular formula is C6H7F3N2S. The summed E-state index contributed by atoms with van der Waals surface area (Å²) in [4.78, 5) is 3.35. The van der Waals surface area contributed by atoms with Crippen molar-refractivity contribution in [3.05, 3.63) is 16.1 Å². The van der Waals surface area contributed by atoms with E-state index in [1.165, 1.54) is 0 Å². The molecule has 0 aliphatic carbocycles. The molecule has 0 saturated heterocycles. The van der Waals surface area contributed by atoms with E-state index in [-0.39, 0.29) is 0 Å². The minimum atomic E-state index is -4.36. The molecule has 1 heterocycles. The molecule has 1 atom stereocenters. The van der Waals surface area contributed by atoms with Gasteiger partial charge in [0.2, 0.25) is 0 Å². The van der Waals surface area contributed by atoms with Crippen molar-refractivity contribution in [2.45, 2.75) is 19.1 Å². The van der Waals surface area contributed by atoms with E-state index in [2.05, 4.69) is 4.98 Å². The van der Waals surface area contributed by atoms with Gasteiger partial charge in [-0.1, -0.05) is 0 Å². The van der Waals surface area contributed by atoms with Crippen molar-refractivity contribution < 1.29 is 13.2 Å². The van der Waals surface area contributed by atoms with Gasteiger partial charge in [0.1, 0.15) is 5.01 Å². The van der Waals surface area contributed by atoms with Crippen LogP contribution in [-0.2, 0) is 6.18 Å². The average Bonchev–Trinajstić information content (AvgIpc) is 2.30. The zero-order valence-electron chi connectivity index (χ0n) is 6.22. The number of hydrogen-bond donors (Lipinski definition) is 1. The summed E-state index contributed by atoms with van der Waals surface area (Å²) >= 11 is 0.928. The number of nitrogens with two attached hydrogens (primary N) is 1. The van der Waals surface area contributed by atoms with Crippen LogP contribution >= 0.6 is 11.3 Å². The maximum absolute atomic E-state index is 12.0. The lowest BCUT2D eigenvalue weighted by atomic mass is 10.4. The lowest BCUT2D eigenvalue weighted by molar-refractivity contribution is -0.140. The Morgan fingerprint density at radius 2 is 2.17 bits per heavy atom. The Morgan fingerprint density at radius 1 is 1.58 bits per heavy atom. The summed E-state index contributed by atoms with van der Waals surface area (Å²) in [6, 6.07) is -0.439. The summed E-state index contributed by atoms with van der Waals surface area (Å²) in [6.07, 6.45) is -4.36. The van der Waals surface area contributed by atoms with Crippen LogP contribution in [0.5, 0.6) is 0 Å². The minimum absolute atomic E-state index is 0.308. The van der Waals surface area contributed by atoms with Gasteiger partial charge >= 0.3 is 6.18 Å². The molecule has 0 aliphatic heterocycles. The Kier molecular flexibility index (Phi) is 2.39. The molecular weight excluding hydrogens is 189 g/mol. The molecule has 12 heavy (non-hydrogen) atoms. The lowest BCUT2D eigenvalue weighted by Crippen LogP contribution is -2.08. The Labute approximate surface area is 71.2 Å². The largest absolute Gasteiger partial charge is 0.434 e. The van der Waals surface area contributed by atoms with E-state index in [0.717, 1.165) is 16.7 Å². The third kappa shape index (κ3) is 1.95. The van der Waals surface area contributed by atoms with Crippen molar-refractivity contribution in [1.29, 1.82) is 0 Å². The molecule has 0 spiro atoms. The molecule has 0 aliphatic rings. The smallest absolute Gasteiger partial charge is 0.322 e. The van der Waals surface area contributed by atoms with Crippen LogP contribution < -0.4 is 5.73 Å². The second-order valence-electron chi connectivity index (χ2n) is 2.36. The zero-order chi connectivity index (χ0) is 9.35. The van der Waals surface area contributed by atoms with Gasteiger partial charge in [0.05, 0.1) is 6.04 Å². The molecule has 0 aromatic carbocycles. The Balaban J connectivity index is 2.92. The third-order valence-corrected chi connectivity index (χ3v) is 2.25. The number of rotatable bonds is 1. The highest BCUT2D eigenvalue weighted by Crippen LogP contribution is 2.31. The van der Waals surface area contributed by atoms with Crippen LogP contribution in [-0.4, -0.2) is 4.98 Å². The topological polar surface area (TPSA) is 38.9 Å². The lowest BCUT2D eigenvalue weighted by Gasteiger charge is -2.01. The maximum atomic E-state index is 12.0. The standard InChI is InChI=1S/C6H7F3N2S/c1-3(10)5-11-4(2-12-5)6(7,8)9/h2-3H,10H2,1H3/t3-/m1/s1.